The van der Waals surface area contributed by atoms with Crippen LogP contribution in [0, 0.1) is 0 Å². The average molecular weight is 326 g/mol. The lowest BCUT2D eigenvalue weighted by Gasteiger charge is -2.12. The van der Waals surface area contributed by atoms with Gasteiger partial charge in [-0.3, -0.25) is 10.1 Å². The van der Waals surface area contributed by atoms with Gasteiger partial charge in [0.1, 0.15) is 12.3 Å². The van der Waals surface area contributed by atoms with Gasteiger partial charge in [0.2, 0.25) is 0 Å². The van der Waals surface area contributed by atoms with Crippen molar-refractivity contribution in [3.63, 3.8) is 0 Å². The number of hydrogen-bond donors (Lipinski definition) is 1. The Morgan fingerprint density at radius 3 is 2.70 bits per heavy atom. The number of ether oxygens (including phenoxy) is 1. The molecular weight excluding hydrogens is 314 g/mol. The maximum atomic E-state index is 11.9. The van der Waals surface area contributed by atoms with E-state index in [1.54, 1.807) is 0 Å². The van der Waals surface area contributed by atoms with Gasteiger partial charge in [-0.15, -0.1) is 11.3 Å². The minimum atomic E-state index is -0.724. The van der Waals surface area contributed by atoms with E-state index in [0.29, 0.717) is 5.84 Å². The fraction of sp³-hybridized carbons (Fsp3) is 0.0625. The van der Waals surface area contributed by atoms with Gasteiger partial charge < -0.3 is 4.74 Å². The molecule has 23 heavy (non-hydrogen) atoms. The number of aliphatic imine (C=N–C) groups is 1. The van der Waals surface area contributed by atoms with E-state index in [4.69, 9.17) is 4.74 Å². The zero-order valence-electron chi connectivity index (χ0n) is 11.9. The van der Waals surface area contributed by atoms with Gasteiger partial charge in [-0.2, -0.15) is 5.32 Å². The third-order valence-corrected chi connectivity index (χ3v) is 3.81. The van der Waals surface area contributed by atoms with Crippen molar-refractivity contribution in [1.29, 1.82) is 0 Å². The van der Waals surface area contributed by atoms with Crippen molar-refractivity contribution in [1.82, 2.24) is 10.6 Å². The van der Waals surface area contributed by atoms with E-state index in [1.807, 2.05) is 47.8 Å². The van der Waals surface area contributed by atoms with Crippen molar-refractivity contribution in [3.8, 4) is 0 Å². The highest BCUT2D eigenvalue weighted by Gasteiger charge is 2.22. The van der Waals surface area contributed by atoms with Gasteiger partial charge in [0.05, 0.1) is 11.1 Å². The molecule has 1 aromatic heterocycles. The van der Waals surface area contributed by atoms with Crippen LogP contribution in [0.1, 0.15) is 10.4 Å². The van der Waals surface area contributed by atoms with Gasteiger partial charge in [-0.25, -0.2) is 9.79 Å². The Kier molecular flexibility index (Phi) is 4.49. The number of nitrogens with one attached hydrogen (secondary N) is 1. The highest BCUT2D eigenvalue weighted by atomic mass is 32.1. The summed E-state index contributed by atoms with van der Waals surface area (Å²) in [6, 6.07) is 12.9. The summed E-state index contributed by atoms with van der Waals surface area (Å²) in [4.78, 5) is 28.5. The largest absolute Gasteiger partial charge is 0.444 e. The number of amides is 2. The number of carbonyl (C=O) groups is 2. The van der Waals surface area contributed by atoms with Crippen molar-refractivity contribution >= 4 is 29.2 Å². The van der Waals surface area contributed by atoms with E-state index in [0.717, 1.165) is 10.4 Å². The summed E-state index contributed by atoms with van der Waals surface area (Å²) in [5.41, 5.74) is 0.845. The molecule has 0 spiro atoms. The third kappa shape index (κ3) is 3.83. The minimum Gasteiger partial charge on any atom is -0.444 e. The molecule has 3 rings (SSSR count). The molecule has 2 aromatic rings. The summed E-state index contributed by atoms with van der Waals surface area (Å²) in [6.07, 6.45) is 0.562. The van der Waals surface area contributed by atoms with E-state index in [9.17, 15) is 9.59 Å². The molecule has 2 heterocycles. The topological polar surface area (TPSA) is 81.9 Å². The third-order valence-electron chi connectivity index (χ3n) is 2.94. The van der Waals surface area contributed by atoms with Crippen LogP contribution in [0.4, 0.5) is 4.79 Å². The number of nitrogens with zero attached hydrogens (tertiary/aromatic N) is 2. The van der Waals surface area contributed by atoms with Gasteiger partial charge >= 0.3 is 6.09 Å². The Morgan fingerprint density at radius 1 is 1.17 bits per heavy atom. The molecular formula is C16H12N3O3S. The number of hydrogen-bond acceptors (Lipinski definition) is 5. The van der Waals surface area contributed by atoms with Gasteiger partial charge in [0, 0.05) is 0 Å². The predicted molar refractivity (Wildman–Crippen MR) is 85.8 cm³/mol. The number of carbonyl (C=O) groups excluding carboxylic acids is 2. The smallest absolute Gasteiger partial charge is 0.412 e. The average Bonchev–Trinajstić information content (AvgIpc) is 3.10. The maximum Gasteiger partial charge on any atom is 0.412 e. The number of alkyl carbamates (subject to hydrolysis) is 1. The van der Waals surface area contributed by atoms with Gasteiger partial charge in [0.15, 0.2) is 5.84 Å². The first-order valence-corrected chi connectivity index (χ1v) is 7.66. The molecule has 1 N–H and O–H groups in total. The Bertz CT molecular complexity index is 767. The van der Waals surface area contributed by atoms with Crippen molar-refractivity contribution in [2.45, 2.75) is 6.61 Å². The highest BCUT2D eigenvalue weighted by Crippen LogP contribution is 2.13. The summed E-state index contributed by atoms with van der Waals surface area (Å²) in [5, 5.41) is 8.09. The monoisotopic (exact) mass is 326 g/mol. The van der Waals surface area contributed by atoms with Crippen molar-refractivity contribution in [2.24, 2.45) is 4.99 Å². The Morgan fingerprint density at radius 2 is 2.00 bits per heavy atom. The normalized spacial score (nSPS) is 13.7. The van der Waals surface area contributed by atoms with Crippen LogP contribution in [-0.4, -0.2) is 17.8 Å². The molecule has 0 fully saturated rings. The molecule has 2 amide bonds. The molecule has 6 nitrogen and oxygen atoms in total. The molecule has 115 valence electrons. The van der Waals surface area contributed by atoms with Crippen LogP contribution in [0.5, 0.6) is 0 Å². The standard InChI is InChI=1S/C16H12N3O3S/c20-15-12(9-17-14(19-15)13-7-4-8-23-13)18-16(21)22-10-11-5-2-1-3-6-11/h1-9H,10H2,(H,18,21). The molecule has 0 bridgehead atoms. The summed E-state index contributed by atoms with van der Waals surface area (Å²) in [5.74, 6) is -0.215. The fourth-order valence-corrected chi connectivity index (χ4v) is 2.51. The first kappa shape index (κ1) is 15.0. The predicted octanol–water partition coefficient (Wildman–Crippen LogP) is 2.41. The molecule has 0 unspecified atom stereocenters. The van der Waals surface area contributed by atoms with Crippen LogP contribution in [-0.2, 0) is 16.1 Å². The number of rotatable bonds is 4. The molecule has 1 aromatic carbocycles. The van der Waals surface area contributed by atoms with Crippen molar-refractivity contribution < 1.29 is 14.3 Å². The molecule has 0 aliphatic carbocycles. The summed E-state index contributed by atoms with van der Waals surface area (Å²) < 4.78 is 5.05. The Labute approximate surface area is 136 Å². The highest BCUT2D eigenvalue weighted by molar-refractivity contribution is 7.12. The van der Waals surface area contributed by atoms with Crippen LogP contribution in [0.2, 0.25) is 0 Å². The van der Waals surface area contributed by atoms with E-state index in [-0.39, 0.29) is 12.3 Å². The van der Waals surface area contributed by atoms with Crippen LogP contribution >= 0.6 is 11.3 Å². The van der Waals surface area contributed by atoms with Crippen LogP contribution < -0.4 is 10.6 Å². The summed E-state index contributed by atoms with van der Waals surface area (Å²) in [6.45, 7) is 0.120. The zero-order valence-corrected chi connectivity index (χ0v) is 12.7. The minimum absolute atomic E-state index is 0.0108. The van der Waals surface area contributed by atoms with Gasteiger partial charge in [-0.05, 0) is 17.0 Å². The quantitative estimate of drug-likeness (QED) is 0.936. The lowest BCUT2D eigenvalue weighted by molar-refractivity contribution is -0.116. The van der Waals surface area contributed by atoms with E-state index < -0.39 is 12.0 Å². The first-order valence-electron chi connectivity index (χ1n) is 6.78. The van der Waals surface area contributed by atoms with Crippen molar-refractivity contribution in [2.75, 3.05) is 0 Å². The van der Waals surface area contributed by atoms with Gasteiger partial charge in [0.25, 0.3) is 5.91 Å². The molecule has 1 aliphatic rings. The lowest BCUT2D eigenvalue weighted by Crippen LogP contribution is -2.36. The molecule has 0 atom stereocenters. The second-order valence-electron chi connectivity index (χ2n) is 4.58. The summed E-state index contributed by atoms with van der Waals surface area (Å²) >= 11 is 1.43. The molecule has 0 saturated heterocycles. The molecule has 1 radical (unpaired) electrons. The number of thiophene rings is 1. The second kappa shape index (κ2) is 6.89. The van der Waals surface area contributed by atoms with Crippen LogP contribution in [0.3, 0.4) is 0 Å². The van der Waals surface area contributed by atoms with E-state index in [1.165, 1.54) is 17.5 Å². The Hall–Kier alpha value is -2.93. The second-order valence-corrected chi connectivity index (χ2v) is 5.52. The van der Waals surface area contributed by atoms with E-state index >= 15 is 0 Å². The lowest BCUT2D eigenvalue weighted by atomic mass is 10.2. The first-order chi connectivity index (χ1) is 11.2. The fourth-order valence-electron chi connectivity index (χ4n) is 1.85. The zero-order chi connectivity index (χ0) is 16.1. The van der Waals surface area contributed by atoms with Gasteiger partial charge in [-0.1, -0.05) is 36.4 Å². The molecule has 0 saturated carbocycles. The number of benzene rings is 1. The van der Waals surface area contributed by atoms with Crippen LogP contribution in [0.25, 0.3) is 0 Å². The Balaban J connectivity index is 1.59. The molecule has 7 heteroatoms. The number of amidine groups is 1. The SMILES string of the molecule is O=C(NC1=CN=C(c2cccs2)[N]C1=O)OCc1ccccc1. The maximum absolute atomic E-state index is 11.9. The summed E-state index contributed by atoms with van der Waals surface area (Å²) in [7, 11) is 0. The van der Waals surface area contributed by atoms with Crippen LogP contribution in [0.15, 0.2) is 64.7 Å². The van der Waals surface area contributed by atoms with Crippen molar-refractivity contribution in [3.05, 3.63) is 70.2 Å². The molecule has 1 aliphatic heterocycles. The van der Waals surface area contributed by atoms with E-state index in [2.05, 4.69) is 15.6 Å².